The molecule has 0 aromatic carbocycles. The van der Waals surface area contributed by atoms with E-state index in [4.69, 9.17) is 5.26 Å². The summed E-state index contributed by atoms with van der Waals surface area (Å²) in [5, 5.41) is 18.2. The predicted octanol–water partition coefficient (Wildman–Crippen LogP) is 0.829. The molecular weight excluding hydrogens is 294 g/mol. The molecule has 1 aliphatic heterocycles. The Hall–Kier alpha value is -1.98. The van der Waals surface area contributed by atoms with E-state index in [-0.39, 0.29) is 23.7 Å². The van der Waals surface area contributed by atoms with E-state index in [1.165, 1.54) is 25.3 Å². The molecule has 1 aromatic rings. The number of carboxylic acids is 1. The average molecular weight is 309 g/mol. The Kier molecular flexibility index (Phi) is 3.98. The fourth-order valence-corrected chi connectivity index (χ4v) is 4.09. The lowest BCUT2D eigenvalue weighted by Gasteiger charge is -2.36. The van der Waals surface area contributed by atoms with Crippen LogP contribution in [0, 0.1) is 16.7 Å². The summed E-state index contributed by atoms with van der Waals surface area (Å²) < 4.78 is 26.4. The van der Waals surface area contributed by atoms with Gasteiger partial charge in [-0.2, -0.15) is 9.57 Å². The summed E-state index contributed by atoms with van der Waals surface area (Å²) in [4.78, 5) is 14.9. The molecule has 1 saturated heterocycles. The molecule has 0 radical (unpaired) electrons. The van der Waals surface area contributed by atoms with Crippen molar-refractivity contribution < 1.29 is 18.3 Å². The number of nitrogens with zero attached hydrogens (tertiary/aromatic N) is 3. The maximum Gasteiger partial charge on any atom is 0.310 e. The van der Waals surface area contributed by atoms with Crippen LogP contribution < -0.4 is 0 Å². The minimum absolute atomic E-state index is 0.107. The Morgan fingerprint density at radius 2 is 2.29 bits per heavy atom. The lowest BCUT2D eigenvalue weighted by Crippen LogP contribution is -2.48. The van der Waals surface area contributed by atoms with E-state index in [1.54, 1.807) is 6.07 Å². The smallest absolute Gasteiger partial charge is 0.310 e. The monoisotopic (exact) mass is 309 g/mol. The Bertz CT molecular complexity index is 710. The Morgan fingerprint density at radius 3 is 2.90 bits per heavy atom. The largest absolute Gasteiger partial charge is 0.481 e. The van der Waals surface area contributed by atoms with Gasteiger partial charge in [0.05, 0.1) is 5.41 Å². The van der Waals surface area contributed by atoms with E-state index >= 15 is 0 Å². The molecule has 1 fully saturated rings. The number of sulfonamides is 1. The molecule has 8 heteroatoms. The average Bonchev–Trinajstić information content (AvgIpc) is 2.47. The normalized spacial score (nSPS) is 23.4. The molecule has 0 saturated carbocycles. The van der Waals surface area contributed by atoms with Crippen molar-refractivity contribution in [2.75, 3.05) is 13.1 Å². The van der Waals surface area contributed by atoms with Crippen molar-refractivity contribution in [3.63, 3.8) is 0 Å². The Morgan fingerprint density at radius 1 is 1.57 bits per heavy atom. The van der Waals surface area contributed by atoms with Crippen LogP contribution in [0.5, 0.6) is 0 Å². The van der Waals surface area contributed by atoms with Gasteiger partial charge in [0.1, 0.15) is 11.0 Å². The minimum Gasteiger partial charge on any atom is -0.481 e. The SMILES string of the molecule is CC1(C(=O)O)CCCN(S(=O)(=O)c2cccnc2C#N)C1. The highest BCUT2D eigenvalue weighted by atomic mass is 32.2. The summed E-state index contributed by atoms with van der Waals surface area (Å²) in [7, 11) is -3.92. The van der Waals surface area contributed by atoms with Gasteiger partial charge in [-0.3, -0.25) is 4.79 Å². The predicted molar refractivity (Wildman–Crippen MR) is 72.7 cm³/mol. The number of piperidine rings is 1. The second kappa shape index (κ2) is 5.42. The summed E-state index contributed by atoms with van der Waals surface area (Å²) >= 11 is 0. The third-order valence-corrected chi connectivity index (χ3v) is 5.55. The van der Waals surface area contributed by atoms with Gasteiger partial charge in [0.15, 0.2) is 5.69 Å². The van der Waals surface area contributed by atoms with Gasteiger partial charge in [0.25, 0.3) is 0 Å². The first-order valence-electron chi connectivity index (χ1n) is 6.40. The molecule has 0 spiro atoms. The van der Waals surface area contributed by atoms with E-state index in [0.717, 1.165) is 4.31 Å². The zero-order valence-electron chi connectivity index (χ0n) is 11.5. The van der Waals surface area contributed by atoms with Crippen LogP contribution in [-0.4, -0.2) is 41.9 Å². The molecule has 2 heterocycles. The minimum atomic E-state index is -3.92. The molecule has 1 aromatic heterocycles. The number of hydrogen-bond donors (Lipinski definition) is 1. The highest BCUT2D eigenvalue weighted by Gasteiger charge is 2.42. The Balaban J connectivity index is 2.41. The van der Waals surface area contributed by atoms with E-state index in [0.29, 0.717) is 12.8 Å². The van der Waals surface area contributed by atoms with Crippen molar-refractivity contribution in [2.24, 2.45) is 5.41 Å². The summed E-state index contributed by atoms with van der Waals surface area (Å²) in [5.74, 6) is -1.02. The highest BCUT2D eigenvalue weighted by molar-refractivity contribution is 7.89. The van der Waals surface area contributed by atoms with Crippen molar-refractivity contribution in [1.29, 1.82) is 5.26 Å². The number of hydrogen-bond acceptors (Lipinski definition) is 5. The van der Waals surface area contributed by atoms with Gasteiger partial charge in [-0.05, 0) is 31.9 Å². The number of rotatable bonds is 3. The number of aliphatic carboxylic acids is 1. The van der Waals surface area contributed by atoms with Crippen LogP contribution in [0.25, 0.3) is 0 Å². The van der Waals surface area contributed by atoms with Crippen molar-refractivity contribution in [3.8, 4) is 6.07 Å². The second-order valence-electron chi connectivity index (χ2n) is 5.27. The van der Waals surface area contributed by atoms with Crippen molar-refractivity contribution in [2.45, 2.75) is 24.7 Å². The van der Waals surface area contributed by atoms with Gasteiger partial charge < -0.3 is 5.11 Å². The molecule has 2 rings (SSSR count). The van der Waals surface area contributed by atoms with Crippen LogP contribution in [0.1, 0.15) is 25.5 Å². The molecule has 0 amide bonds. The third-order valence-electron chi connectivity index (χ3n) is 3.67. The number of aromatic nitrogens is 1. The van der Waals surface area contributed by atoms with Crippen LogP contribution in [0.2, 0.25) is 0 Å². The zero-order chi connectivity index (χ0) is 15.7. The molecule has 1 atom stereocenters. The topological polar surface area (TPSA) is 111 Å². The van der Waals surface area contributed by atoms with Gasteiger partial charge in [-0.25, -0.2) is 13.4 Å². The fraction of sp³-hybridized carbons (Fsp3) is 0.462. The maximum absolute atomic E-state index is 12.6. The first-order valence-corrected chi connectivity index (χ1v) is 7.84. The van der Waals surface area contributed by atoms with E-state index < -0.39 is 21.4 Å². The molecule has 7 nitrogen and oxygen atoms in total. The van der Waals surface area contributed by atoms with Crippen LogP contribution in [-0.2, 0) is 14.8 Å². The fourth-order valence-electron chi connectivity index (χ4n) is 2.39. The van der Waals surface area contributed by atoms with E-state index in [2.05, 4.69) is 4.98 Å². The summed E-state index contributed by atoms with van der Waals surface area (Å²) in [6.07, 6.45) is 2.23. The molecule has 1 aliphatic rings. The van der Waals surface area contributed by atoms with Crippen LogP contribution in [0.15, 0.2) is 23.2 Å². The van der Waals surface area contributed by atoms with Gasteiger partial charge in [-0.15, -0.1) is 0 Å². The molecule has 0 bridgehead atoms. The summed E-state index contributed by atoms with van der Waals surface area (Å²) in [6.45, 7) is 1.67. The quantitative estimate of drug-likeness (QED) is 0.885. The lowest BCUT2D eigenvalue weighted by atomic mass is 9.83. The molecule has 1 N–H and O–H groups in total. The maximum atomic E-state index is 12.6. The van der Waals surface area contributed by atoms with Gasteiger partial charge in [-0.1, -0.05) is 0 Å². The first kappa shape index (κ1) is 15.4. The van der Waals surface area contributed by atoms with Gasteiger partial charge in [0.2, 0.25) is 10.0 Å². The number of nitriles is 1. The standard InChI is InChI=1S/C13H15N3O4S/c1-13(12(17)18)5-3-7-16(9-13)21(19,20)11-4-2-6-15-10(11)8-14/h2,4,6H,3,5,7,9H2,1H3,(H,17,18). The number of carbonyl (C=O) groups is 1. The molecule has 112 valence electrons. The van der Waals surface area contributed by atoms with Gasteiger partial charge >= 0.3 is 5.97 Å². The molecule has 0 aliphatic carbocycles. The second-order valence-corrected chi connectivity index (χ2v) is 7.18. The molecule has 1 unspecified atom stereocenters. The Labute approximate surface area is 122 Å². The van der Waals surface area contributed by atoms with E-state index in [9.17, 15) is 18.3 Å². The van der Waals surface area contributed by atoms with Gasteiger partial charge in [0, 0.05) is 19.3 Å². The number of pyridine rings is 1. The van der Waals surface area contributed by atoms with E-state index in [1.807, 2.05) is 0 Å². The lowest BCUT2D eigenvalue weighted by molar-refractivity contribution is -0.150. The molecule has 21 heavy (non-hydrogen) atoms. The van der Waals surface area contributed by atoms with Crippen molar-refractivity contribution >= 4 is 16.0 Å². The number of carboxylic acid groups (broad SMARTS) is 1. The van der Waals surface area contributed by atoms with Crippen LogP contribution in [0.3, 0.4) is 0 Å². The van der Waals surface area contributed by atoms with Crippen molar-refractivity contribution in [1.82, 2.24) is 9.29 Å². The van der Waals surface area contributed by atoms with Crippen molar-refractivity contribution in [3.05, 3.63) is 24.0 Å². The summed E-state index contributed by atoms with van der Waals surface area (Å²) in [6, 6.07) is 4.50. The van der Waals surface area contributed by atoms with Crippen LogP contribution in [0.4, 0.5) is 0 Å². The summed E-state index contributed by atoms with van der Waals surface area (Å²) in [5.41, 5.74) is -1.29. The third kappa shape index (κ3) is 2.75. The zero-order valence-corrected chi connectivity index (χ0v) is 12.3. The first-order chi connectivity index (χ1) is 9.81. The van der Waals surface area contributed by atoms with Crippen LogP contribution >= 0.6 is 0 Å². The highest BCUT2D eigenvalue weighted by Crippen LogP contribution is 2.33. The molecular formula is C13H15N3O4S.